The molecule has 5 nitrogen and oxygen atoms in total. The molecule has 5 rings (SSSR count). The number of carbonyl (C=O) groups excluding carboxylic acids is 1. The van der Waals surface area contributed by atoms with Gasteiger partial charge in [0, 0.05) is 18.3 Å². The third kappa shape index (κ3) is 2.19. The third-order valence-corrected chi connectivity index (χ3v) is 4.96. The van der Waals surface area contributed by atoms with Gasteiger partial charge in [-0.3, -0.25) is 4.79 Å². The summed E-state index contributed by atoms with van der Waals surface area (Å²) in [5.41, 5.74) is 4.30. The van der Waals surface area contributed by atoms with E-state index in [1.165, 1.54) is 11.1 Å². The highest BCUT2D eigenvalue weighted by molar-refractivity contribution is 5.94. The molecule has 0 spiro atoms. The van der Waals surface area contributed by atoms with Gasteiger partial charge in [-0.1, -0.05) is 24.3 Å². The van der Waals surface area contributed by atoms with Crippen LogP contribution in [0.1, 0.15) is 40.6 Å². The summed E-state index contributed by atoms with van der Waals surface area (Å²) in [6.07, 6.45) is 5.74. The molecule has 1 fully saturated rings. The number of amides is 1. The average molecular weight is 318 g/mol. The Bertz CT molecular complexity index is 916. The van der Waals surface area contributed by atoms with Gasteiger partial charge in [0.25, 0.3) is 5.91 Å². The Morgan fingerprint density at radius 1 is 1.08 bits per heavy atom. The van der Waals surface area contributed by atoms with E-state index < -0.39 is 0 Å². The number of nitrogens with zero attached hydrogens (tertiary/aromatic N) is 3. The van der Waals surface area contributed by atoms with Crippen molar-refractivity contribution in [1.29, 1.82) is 0 Å². The quantitative estimate of drug-likeness (QED) is 0.807. The van der Waals surface area contributed by atoms with Gasteiger partial charge >= 0.3 is 0 Å². The van der Waals surface area contributed by atoms with E-state index in [2.05, 4.69) is 39.6 Å². The second kappa shape index (κ2) is 5.16. The summed E-state index contributed by atoms with van der Waals surface area (Å²) >= 11 is 0. The minimum Gasteiger partial charge on any atom is -0.347 e. The molecule has 5 heteroatoms. The van der Waals surface area contributed by atoms with E-state index in [0.717, 1.165) is 36.8 Å². The van der Waals surface area contributed by atoms with Gasteiger partial charge in [-0.15, -0.1) is 0 Å². The van der Waals surface area contributed by atoms with E-state index in [9.17, 15) is 4.79 Å². The lowest BCUT2D eigenvalue weighted by molar-refractivity contribution is 0.0934. The van der Waals surface area contributed by atoms with Gasteiger partial charge in [-0.05, 0) is 48.9 Å². The Labute approximate surface area is 139 Å². The molecule has 2 aromatic heterocycles. The summed E-state index contributed by atoms with van der Waals surface area (Å²) in [6, 6.07) is 12.8. The molecule has 0 radical (unpaired) electrons. The van der Waals surface area contributed by atoms with Crippen molar-refractivity contribution in [3.8, 4) is 0 Å². The lowest BCUT2D eigenvalue weighted by Gasteiger charge is -2.15. The standard InChI is InChI=1S/C19H18N4O/c24-19(21-14-7-8-14)18-22-16-6-3-9-20-17(16)23(18)15-10-12-4-1-2-5-13(12)11-15/h1-6,9,14-15H,7-8,10-11H2,(H,21,24). The Morgan fingerprint density at radius 2 is 1.83 bits per heavy atom. The van der Waals surface area contributed by atoms with Crippen LogP contribution in [0.5, 0.6) is 0 Å². The highest BCUT2D eigenvalue weighted by Gasteiger charge is 2.31. The lowest BCUT2D eigenvalue weighted by atomic mass is 10.1. The molecule has 0 saturated heterocycles. The Morgan fingerprint density at radius 3 is 2.54 bits per heavy atom. The predicted molar refractivity (Wildman–Crippen MR) is 90.9 cm³/mol. The maximum absolute atomic E-state index is 12.7. The molecule has 1 amide bonds. The zero-order valence-corrected chi connectivity index (χ0v) is 13.3. The van der Waals surface area contributed by atoms with Crippen LogP contribution in [-0.2, 0) is 12.8 Å². The molecule has 0 aliphatic heterocycles. The van der Waals surface area contributed by atoms with Crippen LogP contribution in [0.25, 0.3) is 11.2 Å². The maximum atomic E-state index is 12.7. The van der Waals surface area contributed by atoms with Crippen molar-refractivity contribution < 1.29 is 4.79 Å². The van der Waals surface area contributed by atoms with Crippen molar-refractivity contribution in [2.24, 2.45) is 0 Å². The minimum absolute atomic E-state index is 0.0774. The van der Waals surface area contributed by atoms with Crippen LogP contribution < -0.4 is 5.32 Å². The van der Waals surface area contributed by atoms with Crippen molar-refractivity contribution in [3.05, 3.63) is 59.5 Å². The molecule has 1 N–H and O–H groups in total. The van der Waals surface area contributed by atoms with Gasteiger partial charge < -0.3 is 9.88 Å². The highest BCUT2D eigenvalue weighted by Crippen LogP contribution is 2.33. The van der Waals surface area contributed by atoms with Crippen molar-refractivity contribution in [2.45, 2.75) is 37.8 Å². The van der Waals surface area contributed by atoms with E-state index in [0.29, 0.717) is 11.9 Å². The first kappa shape index (κ1) is 13.7. The minimum atomic E-state index is -0.0774. The number of carbonyl (C=O) groups is 1. The van der Waals surface area contributed by atoms with Crippen molar-refractivity contribution in [3.63, 3.8) is 0 Å². The second-order valence-corrected chi connectivity index (χ2v) is 6.73. The number of aromatic nitrogens is 3. The van der Waals surface area contributed by atoms with Crippen LogP contribution in [-0.4, -0.2) is 26.5 Å². The van der Waals surface area contributed by atoms with Crippen molar-refractivity contribution in [1.82, 2.24) is 19.9 Å². The van der Waals surface area contributed by atoms with E-state index in [-0.39, 0.29) is 11.9 Å². The largest absolute Gasteiger partial charge is 0.347 e. The summed E-state index contributed by atoms with van der Waals surface area (Å²) in [7, 11) is 0. The smallest absolute Gasteiger partial charge is 0.287 e. The van der Waals surface area contributed by atoms with Gasteiger partial charge in [0.15, 0.2) is 5.65 Å². The summed E-state index contributed by atoms with van der Waals surface area (Å²) in [6.45, 7) is 0. The molecule has 24 heavy (non-hydrogen) atoms. The molecule has 0 atom stereocenters. The van der Waals surface area contributed by atoms with E-state index >= 15 is 0 Å². The number of hydrogen-bond acceptors (Lipinski definition) is 3. The molecule has 1 saturated carbocycles. The molecule has 2 aliphatic rings. The summed E-state index contributed by atoms with van der Waals surface area (Å²) < 4.78 is 2.05. The number of fused-ring (bicyclic) bond motifs is 2. The number of nitrogens with one attached hydrogen (secondary N) is 1. The van der Waals surface area contributed by atoms with Gasteiger partial charge in [-0.25, -0.2) is 9.97 Å². The fraction of sp³-hybridized carbons (Fsp3) is 0.316. The van der Waals surface area contributed by atoms with Crippen LogP contribution in [0, 0.1) is 0 Å². The Balaban J connectivity index is 1.60. The van der Waals surface area contributed by atoms with Crippen LogP contribution >= 0.6 is 0 Å². The number of imidazole rings is 1. The van der Waals surface area contributed by atoms with Gasteiger partial charge in [0.1, 0.15) is 5.52 Å². The van der Waals surface area contributed by atoms with E-state index in [1.54, 1.807) is 6.20 Å². The van der Waals surface area contributed by atoms with E-state index in [1.807, 2.05) is 16.7 Å². The fourth-order valence-corrected chi connectivity index (χ4v) is 3.63. The Hall–Kier alpha value is -2.69. The van der Waals surface area contributed by atoms with Gasteiger partial charge in [0.05, 0.1) is 0 Å². The predicted octanol–water partition coefficient (Wildman–Crippen LogP) is 2.66. The zero-order valence-electron chi connectivity index (χ0n) is 13.3. The average Bonchev–Trinajstić information content (AvgIpc) is 3.18. The molecule has 1 aromatic carbocycles. The number of rotatable bonds is 3. The third-order valence-electron chi connectivity index (χ3n) is 4.96. The second-order valence-electron chi connectivity index (χ2n) is 6.73. The number of pyridine rings is 1. The molecule has 2 aliphatic carbocycles. The molecular formula is C19H18N4O. The molecule has 0 unspecified atom stereocenters. The molecule has 0 bridgehead atoms. The monoisotopic (exact) mass is 318 g/mol. The SMILES string of the molecule is O=C(NC1CC1)c1nc2cccnc2n1C1Cc2ccccc2C1. The fourth-order valence-electron chi connectivity index (χ4n) is 3.63. The first-order valence-electron chi connectivity index (χ1n) is 8.50. The lowest BCUT2D eigenvalue weighted by Crippen LogP contribution is -2.29. The van der Waals surface area contributed by atoms with E-state index in [4.69, 9.17) is 0 Å². The first-order valence-corrected chi connectivity index (χ1v) is 8.50. The normalized spacial score (nSPS) is 17.2. The topological polar surface area (TPSA) is 59.8 Å². The zero-order chi connectivity index (χ0) is 16.1. The van der Waals surface area contributed by atoms with Crippen LogP contribution in [0.15, 0.2) is 42.6 Å². The first-order chi connectivity index (χ1) is 11.8. The van der Waals surface area contributed by atoms with Crippen molar-refractivity contribution in [2.75, 3.05) is 0 Å². The van der Waals surface area contributed by atoms with Gasteiger partial charge in [0.2, 0.25) is 5.82 Å². The Kier molecular flexibility index (Phi) is 2.95. The molecule has 120 valence electrons. The van der Waals surface area contributed by atoms with Crippen LogP contribution in [0.2, 0.25) is 0 Å². The highest BCUT2D eigenvalue weighted by atomic mass is 16.2. The summed E-state index contributed by atoms with van der Waals surface area (Å²) in [5.74, 6) is 0.417. The molecular weight excluding hydrogens is 300 g/mol. The van der Waals surface area contributed by atoms with Crippen LogP contribution in [0.4, 0.5) is 0 Å². The number of benzene rings is 1. The maximum Gasteiger partial charge on any atom is 0.287 e. The van der Waals surface area contributed by atoms with Crippen molar-refractivity contribution >= 4 is 17.1 Å². The molecule has 3 aromatic rings. The number of hydrogen-bond donors (Lipinski definition) is 1. The molecule has 2 heterocycles. The summed E-state index contributed by atoms with van der Waals surface area (Å²) in [5, 5.41) is 3.07. The van der Waals surface area contributed by atoms with Gasteiger partial charge in [-0.2, -0.15) is 0 Å². The van der Waals surface area contributed by atoms with Crippen LogP contribution in [0.3, 0.4) is 0 Å². The summed E-state index contributed by atoms with van der Waals surface area (Å²) in [4.78, 5) is 21.8.